The first-order valence-corrected chi connectivity index (χ1v) is 8.52. The Balaban J connectivity index is 1.44. The summed E-state index contributed by atoms with van der Waals surface area (Å²) >= 11 is 3.53. The number of hydrogen-bond donors (Lipinski definition) is 1. The standard InChI is InChI=1S/C16H23BrN2O2/c1-19(13-4-2-3-5-13)7-6-18-10-12-8-14(17)16-15(9-12)20-11-21-16/h8-9,13,18H,2-7,10-11H2,1H3. The van der Waals surface area contributed by atoms with Gasteiger partial charge >= 0.3 is 0 Å². The van der Waals surface area contributed by atoms with E-state index in [9.17, 15) is 0 Å². The SMILES string of the molecule is CN(CCNCc1cc(Br)c2c(c1)OCO2)C1CCCC1. The highest BCUT2D eigenvalue weighted by Gasteiger charge is 2.19. The molecule has 1 aliphatic heterocycles. The van der Waals surface area contributed by atoms with Crippen molar-refractivity contribution in [2.24, 2.45) is 0 Å². The maximum Gasteiger partial charge on any atom is 0.231 e. The van der Waals surface area contributed by atoms with Crippen LogP contribution in [0, 0.1) is 0 Å². The third-order valence-corrected chi connectivity index (χ3v) is 4.99. The Labute approximate surface area is 134 Å². The van der Waals surface area contributed by atoms with Crippen molar-refractivity contribution in [2.45, 2.75) is 38.3 Å². The minimum absolute atomic E-state index is 0.316. The Morgan fingerprint density at radius 3 is 2.90 bits per heavy atom. The van der Waals surface area contributed by atoms with E-state index < -0.39 is 0 Å². The van der Waals surface area contributed by atoms with Gasteiger partial charge in [0.1, 0.15) is 0 Å². The molecule has 0 saturated heterocycles. The van der Waals surface area contributed by atoms with E-state index in [1.165, 1.54) is 31.2 Å². The van der Waals surface area contributed by atoms with Crippen LogP contribution in [0.15, 0.2) is 16.6 Å². The monoisotopic (exact) mass is 354 g/mol. The molecule has 1 saturated carbocycles. The number of hydrogen-bond acceptors (Lipinski definition) is 4. The highest BCUT2D eigenvalue weighted by Crippen LogP contribution is 2.39. The lowest BCUT2D eigenvalue weighted by molar-refractivity contribution is 0.173. The number of likely N-dealkylation sites (N-methyl/N-ethyl adjacent to an activating group) is 1. The van der Waals surface area contributed by atoms with Crippen LogP contribution in [0.2, 0.25) is 0 Å². The van der Waals surface area contributed by atoms with Crippen molar-refractivity contribution in [1.29, 1.82) is 0 Å². The summed E-state index contributed by atoms with van der Waals surface area (Å²) in [6.07, 6.45) is 5.53. The first-order chi connectivity index (χ1) is 10.2. The van der Waals surface area contributed by atoms with Crippen LogP contribution in [-0.2, 0) is 6.54 Å². The second kappa shape index (κ2) is 6.99. The average Bonchev–Trinajstić information content (AvgIpc) is 3.14. The summed E-state index contributed by atoms with van der Waals surface area (Å²) in [5.41, 5.74) is 1.22. The van der Waals surface area contributed by atoms with Crippen LogP contribution in [0.25, 0.3) is 0 Å². The fraction of sp³-hybridized carbons (Fsp3) is 0.625. The number of nitrogens with one attached hydrogen (secondary N) is 1. The first kappa shape index (κ1) is 15.1. The maximum absolute atomic E-state index is 5.44. The molecule has 2 aliphatic rings. The van der Waals surface area contributed by atoms with Crippen molar-refractivity contribution in [3.05, 3.63) is 22.2 Å². The van der Waals surface area contributed by atoms with E-state index in [2.05, 4.69) is 45.3 Å². The molecule has 0 radical (unpaired) electrons. The predicted octanol–water partition coefficient (Wildman–Crippen LogP) is 3.14. The maximum atomic E-state index is 5.44. The molecule has 1 aliphatic carbocycles. The van der Waals surface area contributed by atoms with Gasteiger partial charge in [0.25, 0.3) is 0 Å². The number of benzene rings is 1. The smallest absolute Gasteiger partial charge is 0.231 e. The van der Waals surface area contributed by atoms with Crippen LogP contribution in [-0.4, -0.2) is 37.9 Å². The van der Waals surface area contributed by atoms with Crippen molar-refractivity contribution < 1.29 is 9.47 Å². The van der Waals surface area contributed by atoms with Crippen LogP contribution in [0.1, 0.15) is 31.2 Å². The van der Waals surface area contributed by atoms with Gasteiger partial charge in [-0.2, -0.15) is 0 Å². The fourth-order valence-electron chi connectivity index (χ4n) is 3.14. The van der Waals surface area contributed by atoms with Crippen molar-refractivity contribution >= 4 is 15.9 Å². The number of rotatable bonds is 6. The van der Waals surface area contributed by atoms with Gasteiger partial charge in [0.15, 0.2) is 11.5 Å². The van der Waals surface area contributed by atoms with Gasteiger partial charge in [-0.3, -0.25) is 0 Å². The fourth-order valence-corrected chi connectivity index (χ4v) is 3.74. The summed E-state index contributed by atoms with van der Waals surface area (Å²) in [7, 11) is 2.24. The van der Waals surface area contributed by atoms with Crippen LogP contribution in [0.5, 0.6) is 11.5 Å². The summed E-state index contributed by atoms with van der Waals surface area (Å²) in [5.74, 6) is 1.66. The van der Waals surface area contributed by atoms with Crippen LogP contribution < -0.4 is 14.8 Å². The summed E-state index contributed by atoms with van der Waals surface area (Å²) < 4.78 is 11.8. The van der Waals surface area contributed by atoms with Gasteiger partial charge in [0.2, 0.25) is 6.79 Å². The molecule has 4 nitrogen and oxygen atoms in total. The number of ether oxygens (including phenoxy) is 2. The topological polar surface area (TPSA) is 33.7 Å². The van der Waals surface area contributed by atoms with Crippen molar-refractivity contribution in [3.63, 3.8) is 0 Å². The molecular weight excluding hydrogens is 332 g/mol. The Morgan fingerprint density at radius 2 is 2.10 bits per heavy atom. The zero-order chi connectivity index (χ0) is 14.7. The van der Waals surface area contributed by atoms with E-state index in [4.69, 9.17) is 9.47 Å². The lowest BCUT2D eigenvalue weighted by atomic mass is 10.2. The Kier molecular flexibility index (Phi) is 5.03. The van der Waals surface area contributed by atoms with E-state index in [0.717, 1.165) is 41.6 Å². The van der Waals surface area contributed by atoms with Crippen molar-refractivity contribution in [1.82, 2.24) is 10.2 Å². The highest BCUT2D eigenvalue weighted by atomic mass is 79.9. The van der Waals surface area contributed by atoms with Gasteiger partial charge in [0.05, 0.1) is 4.47 Å². The quantitative estimate of drug-likeness (QED) is 0.795. The lowest BCUT2D eigenvalue weighted by Gasteiger charge is -2.24. The molecule has 0 spiro atoms. The average molecular weight is 355 g/mol. The van der Waals surface area contributed by atoms with E-state index in [0.29, 0.717) is 6.79 Å². The van der Waals surface area contributed by atoms with Crippen molar-refractivity contribution in [2.75, 3.05) is 26.9 Å². The van der Waals surface area contributed by atoms with E-state index in [1.807, 2.05) is 0 Å². The Bertz CT molecular complexity index is 489. The van der Waals surface area contributed by atoms with E-state index in [1.54, 1.807) is 0 Å². The Hall–Kier alpha value is -0.780. The minimum atomic E-state index is 0.316. The minimum Gasteiger partial charge on any atom is -0.454 e. The summed E-state index contributed by atoms with van der Waals surface area (Å²) in [6.45, 7) is 3.29. The third kappa shape index (κ3) is 3.71. The normalized spacial score (nSPS) is 17.9. The molecule has 1 heterocycles. The molecule has 21 heavy (non-hydrogen) atoms. The van der Waals surface area contributed by atoms with E-state index >= 15 is 0 Å². The third-order valence-electron chi connectivity index (χ3n) is 4.41. The molecule has 1 aromatic rings. The molecule has 116 valence electrons. The number of nitrogens with zero attached hydrogens (tertiary/aromatic N) is 1. The molecule has 0 atom stereocenters. The molecule has 0 bridgehead atoms. The molecule has 3 rings (SSSR count). The summed E-state index contributed by atoms with van der Waals surface area (Å²) in [4.78, 5) is 2.50. The van der Waals surface area contributed by atoms with Crippen LogP contribution in [0.4, 0.5) is 0 Å². The van der Waals surface area contributed by atoms with Gasteiger partial charge in [-0.25, -0.2) is 0 Å². The van der Waals surface area contributed by atoms with Gasteiger partial charge in [-0.05, 0) is 53.5 Å². The lowest BCUT2D eigenvalue weighted by Crippen LogP contribution is -2.35. The van der Waals surface area contributed by atoms with Gasteiger partial charge in [-0.1, -0.05) is 12.8 Å². The highest BCUT2D eigenvalue weighted by molar-refractivity contribution is 9.10. The van der Waals surface area contributed by atoms with Gasteiger partial charge < -0.3 is 19.7 Å². The van der Waals surface area contributed by atoms with Crippen LogP contribution >= 0.6 is 15.9 Å². The number of halogens is 1. The molecule has 0 unspecified atom stereocenters. The van der Waals surface area contributed by atoms with Crippen molar-refractivity contribution in [3.8, 4) is 11.5 Å². The zero-order valence-corrected chi connectivity index (χ0v) is 14.1. The summed E-state index contributed by atoms with van der Waals surface area (Å²) in [5, 5.41) is 3.52. The molecule has 1 fully saturated rings. The van der Waals surface area contributed by atoms with Crippen LogP contribution in [0.3, 0.4) is 0 Å². The molecule has 0 amide bonds. The van der Waals surface area contributed by atoms with Gasteiger partial charge in [-0.15, -0.1) is 0 Å². The molecule has 1 N–H and O–H groups in total. The largest absolute Gasteiger partial charge is 0.454 e. The Morgan fingerprint density at radius 1 is 1.29 bits per heavy atom. The molecule has 1 aromatic carbocycles. The number of fused-ring (bicyclic) bond motifs is 1. The second-order valence-corrected chi connectivity index (χ2v) is 6.76. The summed E-state index contributed by atoms with van der Waals surface area (Å²) in [6, 6.07) is 4.95. The molecule has 0 aromatic heterocycles. The first-order valence-electron chi connectivity index (χ1n) is 7.73. The zero-order valence-electron chi connectivity index (χ0n) is 12.5. The molecular formula is C16H23BrN2O2. The predicted molar refractivity (Wildman–Crippen MR) is 86.9 cm³/mol. The van der Waals surface area contributed by atoms with Gasteiger partial charge in [0, 0.05) is 25.7 Å². The second-order valence-electron chi connectivity index (χ2n) is 5.91. The molecule has 5 heteroatoms. The van der Waals surface area contributed by atoms with E-state index in [-0.39, 0.29) is 0 Å².